The van der Waals surface area contributed by atoms with E-state index in [2.05, 4.69) is 14.2 Å². The molecule has 0 atom stereocenters. The normalized spacial score (nSPS) is 9.38. The molecule has 0 saturated carbocycles. The average Bonchev–Trinajstić information content (AvgIpc) is 2.32. The fourth-order valence-electron chi connectivity index (χ4n) is 0.897. The lowest BCUT2D eigenvalue weighted by atomic mass is 10.3. The number of carboxylic acid groups (broad SMARTS) is 1. The Kier molecular flexibility index (Phi) is 7.96. The minimum atomic E-state index is -1.40. The molecule has 0 bridgehead atoms. The molecule has 10 nitrogen and oxygen atoms in total. The number of hydrogen-bond acceptors (Lipinski definition) is 9. The standard InChI is InChI=1S/C11H12O10/c1-6(12)2-10(17)21-11(18)5-20-9(16)3-8(15)19-4-7(13)14/h2-5H2,1H3,(H,13,14). The van der Waals surface area contributed by atoms with Crippen molar-refractivity contribution in [3.63, 3.8) is 0 Å². The largest absolute Gasteiger partial charge is 0.479 e. The summed E-state index contributed by atoms with van der Waals surface area (Å²) in [6.07, 6.45) is -1.50. The van der Waals surface area contributed by atoms with Crippen LogP contribution in [0, 0.1) is 0 Å². The molecule has 0 aromatic rings. The number of ether oxygens (including phenoxy) is 3. The number of aliphatic carboxylic acids is 1. The molecule has 10 heteroatoms. The van der Waals surface area contributed by atoms with E-state index in [4.69, 9.17) is 5.11 Å². The van der Waals surface area contributed by atoms with E-state index in [9.17, 15) is 28.8 Å². The molecule has 0 aromatic heterocycles. The van der Waals surface area contributed by atoms with Crippen molar-refractivity contribution in [1.82, 2.24) is 0 Å². The van der Waals surface area contributed by atoms with Crippen molar-refractivity contribution in [3.8, 4) is 0 Å². The van der Waals surface area contributed by atoms with E-state index in [0.29, 0.717) is 0 Å². The third-order valence-corrected chi connectivity index (χ3v) is 1.62. The van der Waals surface area contributed by atoms with Crippen molar-refractivity contribution in [2.75, 3.05) is 13.2 Å². The molecular weight excluding hydrogens is 292 g/mol. The number of carbonyl (C=O) groups is 6. The summed E-state index contributed by atoms with van der Waals surface area (Å²) >= 11 is 0. The molecule has 0 spiro atoms. The monoisotopic (exact) mass is 304 g/mol. The fraction of sp³-hybridized carbons (Fsp3) is 0.455. The minimum absolute atomic E-state index is 0.508. The van der Waals surface area contributed by atoms with E-state index in [0.717, 1.165) is 6.92 Å². The van der Waals surface area contributed by atoms with Crippen LogP contribution in [0.4, 0.5) is 0 Å². The molecule has 0 saturated heterocycles. The molecular formula is C11H12O10. The Hall–Kier alpha value is -2.78. The molecule has 0 rings (SSSR count). The number of esters is 4. The van der Waals surface area contributed by atoms with Gasteiger partial charge in [-0.1, -0.05) is 0 Å². The highest BCUT2D eigenvalue weighted by Crippen LogP contribution is 1.94. The first-order chi connectivity index (χ1) is 9.70. The van der Waals surface area contributed by atoms with Gasteiger partial charge in [0.1, 0.15) is 18.6 Å². The van der Waals surface area contributed by atoms with Crippen molar-refractivity contribution in [2.24, 2.45) is 0 Å². The summed E-state index contributed by atoms with van der Waals surface area (Å²) in [7, 11) is 0. The second-order valence-corrected chi connectivity index (χ2v) is 3.62. The van der Waals surface area contributed by atoms with Crippen LogP contribution in [-0.4, -0.2) is 54.0 Å². The first kappa shape index (κ1) is 18.2. The van der Waals surface area contributed by atoms with Crippen LogP contribution in [0.15, 0.2) is 0 Å². The van der Waals surface area contributed by atoms with Crippen molar-refractivity contribution >= 4 is 35.6 Å². The summed E-state index contributed by atoms with van der Waals surface area (Å²) in [4.78, 5) is 64.5. The van der Waals surface area contributed by atoms with Gasteiger partial charge in [-0.3, -0.25) is 19.2 Å². The number of Topliss-reactive ketones (excluding diaryl/α,β-unsaturated/α-hetero) is 1. The first-order valence-electron chi connectivity index (χ1n) is 5.46. The summed E-state index contributed by atoms with van der Waals surface area (Å²) in [5.41, 5.74) is 0. The minimum Gasteiger partial charge on any atom is -0.479 e. The number of carbonyl (C=O) groups excluding carboxylic acids is 5. The van der Waals surface area contributed by atoms with Crippen LogP contribution in [-0.2, 0) is 43.0 Å². The second kappa shape index (κ2) is 9.18. The van der Waals surface area contributed by atoms with E-state index in [1.54, 1.807) is 0 Å². The number of ketones is 1. The van der Waals surface area contributed by atoms with E-state index < -0.39 is 61.7 Å². The molecule has 0 aromatic carbocycles. The van der Waals surface area contributed by atoms with Gasteiger partial charge in [-0.2, -0.15) is 0 Å². The predicted molar refractivity (Wildman–Crippen MR) is 60.6 cm³/mol. The van der Waals surface area contributed by atoms with Crippen LogP contribution >= 0.6 is 0 Å². The van der Waals surface area contributed by atoms with Gasteiger partial charge in [-0.05, 0) is 6.92 Å². The van der Waals surface area contributed by atoms with Gasteiger partial charge in [0.2, 0.25) is 0 Å². The molecule has 21 heavy (non-hydrogen) atoms. The predicted octanol–water partition coefficient (Wildman–Crippen LogP) is -1.40. The highest BCUT2D eigenvalue weighted by atomic mass is 16.6. The zero-order valence-electron chi connectivity index (χ0n) is 10.9. The zero-order valence-corrected chi connectivity index (χ0v) is 10.9. The molecule has 0 unspecified atom stereocenters. The van der Waals surface area contributed by atoms with Crippen LogP contribution in [0.25, 0.3) is 0 Å². The van der Waals surface area contributed by atoms with E-state index in [1.165, 1.54) is 0 Å². The van der Waals surface area contributed by atoms with Gasteiger partial charge >= 0.3 is 29.8 Å². The van der Waals surface area contributed by atoms with E-state index in [-0.39, 0.29) is 0 Å². The molecule has 116 valence electrons. The second-order valence-electron chi connectivity index (χ2n) is 3.62. The smallest absolute Gasteiger partial charge is 0.351 e. The lowest BCUT2D eigenvalue weighted by Crippen LogP contribution is -2.23. The Morgan fingerprint density at radius 2 is 1.29 bits per heavy atom. The Bertz CT molecular complexity index is 464. The van der Waals surface area contributed by atoms with E-state index in [1.807, 2.05) is 0 Å². The maximum atomic E-state index is 11.0. The average molecular weight is 304 g/mol. The maximum Gasteiger partial charge on any atom is 0.351 e. The summed E-state index contributed by atoms with van der Waals surface area (Å²) in [6, 6.07) is 0. The van der Waals surface area contributed by atoms with Gasteiger partial charge in [-0.15, -0.1) is 0 Å². The van der Waals surface area contributed by atoms with Gasteiger partial charge < -0.3 is 19.3 Å². The zero-order chi connectivity index (χ0) is 16.4. The van der Waals surface area contributed by atoms with Crippen molar-refractivity contribution in [1.29, 1.82) is 0 Å². The molecule has 0 heterocycles. The van der Waals surface area contributed by atoms with Gasteiger partial charge in [0.15, 0.2) is 13.2 Å². The van der Waals surface area contributed by atoms with Crippen molar-refractivity contribution in [2.45, 2.75) is 19.8 Å². The van der Waals surface area contributed by atoms with Crippen LogP contribution in [0.1, 0.15) is 19.8 Å². The number of rotatable bonds is 8. The Morgan fingerprint density at radius 3 is 1.76 bits per heavy atom. The SMILES string of the molecule is CC(=O)CC(=O)OC(=O)COC(=O)CC(=O)OCC(=O)O. The van der Waals surface area contributed by atoms with Gasteiger partial charge in [-0.25, -0.2) is 9.59 Å². The Morgan fingerprint density at radius 1 is 0.762 bits per heavy atom. The van der Waals surface area contributed by atoms with Crippen LogP contribution < -0.4 is 0 Å². The van der Waals surface area contributed by atoms with Gasteiger partial charge in [0, 0.05) is 0 Å². The van der Waals surface area contributed by atoms with Crippen molar-refractivity contribution < 1.29 is 48.1 Å². The highest BCUT2D eigenvalue weighted by molar-refractivity contribution is 5.98. The molecule has 0 aliphatic carbocycles. The number of hydrogen-bond donors (Lipinski definition) is 1. The lowest BCUT2D eigenvalue weighted by Gasteiger charge is -2.04. The fourth-order valence-corrected chi connectivity index (χ4v) is 0.897. The van der Waals surface area contributed by atoms with Gasteiger partial charge in [0.25, 0.3) is 0 Å². The maximum absolute atomic E-state index is 11.0. The Labute approximate surface area is 117 Å². The van der Waals surface area contributed by atoms with Gasteiger partial charge in [0.05, 0.1) is 0 Å². The summed E-state index contributed by atoms with van der Waals surface area (Å²) < 4.78 is 12.6. The van der Waals surface area contributed by atoms with Crippen LogP contribution in [0.5, 0.6) is 0 Å². The first-order valence-corrected chi connectivity index (χ1v) is 5.46. The summed E-state index contributed by atoms with van der Waals surface area (Å²) in [5, 5.41) is 8.21. The molecule has 0 fully saturated rings. The molecule has 0 aliphatic rings. The number of carboxylic acids is 1. The van der Waals surface area contributed by atoms with Crippen LogP contribution in [0.3, 0.4) is 0 Å². The third-order valence-electron chi connectivity index (χ3n) is 1.62. The Balaban J connectivity index is 3.94. The lowest BCUT2D eigenvalue weighted by molar-refractivity contribution is -0.169. The summed E-state index contributed by atoms with van der Waals surface area (Å²) in [6.45, 7) is -0.725. The molecule has 0 aliphatic heterocycles. The third kappa shape index (κ3) is 10.8. The van der Waals surface area contributed by atoms with E-state index >= 15 is 0 Å². The topological polar surface area (TPSA) is 150 Å². The quantitative estimate of drug-likeness (QED) is 0.322. The highest BCUT2D eigenvalue weighted by Gasteiger charge is 2.17. The van der Waals surface area contributed by atoms with Crippen molar-refractivity contribution in [3.05, 3.63) is 0 Å². The molecule has 0 radical (unpaired) electrons. The summed E-state index contributed by atoms with van der Waals surface area (Å²) in [5.74, 6) is -6.53. The molecule has 1 N–H and O–H groups in total. The van der Waals surface area contributed by atoms with Crippen LogP contribution in [0.2, 0.25) is 0 Å². The molecule has 0 amide bonds.